The molecular formula is C24H19NO5. The van der Waals surface area contributed by atoms with E-state index < -0.39 is 12.1 Å². The number of anilines is 1. The Morgan fingerprint density at radius 3 is 2.33 bits per heavy atom. The van der Waals surface area contributed by atoms with Crippen LogP contribution in [0.2, 0.25) is 0 Å². The maximum atomic E-state index is 12.9. The van der Waals surface area contributed by atoms with Crippen LogP contribution in [0.5, 0.6) is 5.75 Å². The zero-order chi connectivity index (χ0) is 20.7. The van der Waals surface area contributed by atoms with Gasteiger partial charge < -0.3 is 14.6 Å². The SMILES string of the molecule is O=C(O)c1ccc2c(c1)N(C(=O)OCC1c3ccccc3-c3ccccc31)CCO2. The van der Waals surface area contributed by atoms with Crippen molar-refractivity contribution < 1.29 is 24.2 Å². The maximum absolute atomic E-state index is 12.9. The number of carbonyl (C=O) groups excluding carboxylic acids is 1. The number of ether oxygens (including phenoxy) is 2. The van der Waals surface area contributed by atoms with Crippen molar-refractivity contribution in [2.45, 2.75) is 5.92 Å². The zero-order valence-electron chi connectivity index (χ0n) is 16.1. The minimum Gasteiger partial charge on any atom is -0.490 e. The van der Waals surface area contributed by atoms with Crippen LogP contribution in [0.3, 0.4) is 0 Å². The number of benzene rings is 3. The van der Waals surface area contributed by atoms with Crippen molar-refractivity contribution in [1.82, 2.24) is 0 Å². The number of amides is 1. The van der Waals surface area contributed by atoms with Crippen molar-refractivity contribution in [3.63, 3.8) is 0 Å². The fourth-order valence-corrected chi connectivity index (χ4v) is 4.21. The topological polar surface area (TPSA) is 76.1 Å². The van der Waals surface area contributed by atoms with Crippen molar-refractivity contribution in [1.29, 1.82) is 0 Å². The molecule has 0 radical (unpaired) electrons. The highest BCUT2D eigenvalue weighted by atomic mass is 16.6. The van der Waals surface area contributed by atoms with E-state index in [1.807, 2.05) is 24.3 Å². The quantitative estimate of drug-likeness (QED) is 0.698. The summed E-state index contributed by atoms with van der Waals surface area (Å²) in [4.78, 5) is 25.7. The Balaban J connectivity index is 1.39. The molecule has 5 rings (SSSR count). The fourth-order valence-electron chi connectivity index (χ4n) is 4.21. The predicted octanol–water partition coefficient (Wildman–Crippen LogP) is 4.53. The van der Waals surface area contributed by atoms with Crippen LogP contribution in [-0.2, 0) is 4.74 Å². The molecule has 0 saturated heterocycles. The molecule has 0 fully saturated rings. The lowest BCUT2D eigenvalue weighted by molar-refractivity contribution is 0.0696. The first-order valence-electron chi connectivity index (χ1n) is 9.76. The first kappa shape index (κ1) is 18.2. The smallest absolute Gasteiger partial charge is 0.414 e. The molecule has 1 aliphatic carbocycles. The van der Waals surface area contributed by atoms with Crippen LogP contribution in [0.25, 0.3) is 11.1 Å². The average Bonchev–Trinajstić information content (AvgIpc) is 3.10. The van der Waals surface area contributed by atoms with Crippen LogP contribution in [-0.4, -0.2) is 36.9 Å². The number of hydrogen-bond donors (Lipinski definition) is 1. The Morgan fingerprint density at radius 1 is 1.00 bits per heavy atom. The van der Waals surface area contributed by atoms with Crippen LogP contribution >= 0.6 is 0 Å². The summed E-state index contributed by atoms with van der Waals surface area (Å²) in [5.74, 6) is -0.622. The van der Waals surface area contributed by atoms with Crippen molar-refractivity contribution in [3.05, 3.63) is 83.4 Å². The highest BCUT2D eigenvalue weighted by Gasteiger charge is 2.31. The molecule has 1 N–H and O–H groups in total. The van der Waals surface area contributed by atoms with Gasteiger partial charge in [0.2, 0.25) is 0 Å². The molecule has 0 bridgehead atoms. The third kappa shape index (κ3) is 2.97. The average molecular weight is 401 g/mol. The summed E-state index contributed by atoms with van der Waals surface area (Å²) in [6, 6.07) is 20.8. The van der Waals surface area contributed by atoms with E-state index in [9.17, 15) is 14.7 Å². The highest BCUT2D eigenvalue weighted by molar-refractivity contribution is 5.95. The molecule has 1 aliphatic heterocycles. The van der Waals surface area contributed by atoms with Gasteiger partial charge >= 0.3 is 12.1 Å². The molecule has 0 aromatic heterocycles. The summed E-state index contributed by atoms with van der Waals surface area (Å²) < 4.78 is 11.3. The van der Waals surface area contributed by atoms with Gasteiger partial charge in [-0.25, -0.2) is 9.59 Å². The van der Waals surface area contributed by atoms with Gasteiger partial charge in [-0.1, -0.05) is 48.5 Å². The fraction of sp³-hybridized carbons (Fsp3) is 0.167. The predicted molar refractivity (Wildman–Crippen MR) is 111 cm³/mol. The van der Waals surface area contributed by atoms with Crippen LogP contribution < -0.4 is 9.64 Å². The molecule has 3 aromatic carbocycles. The Bertz CT molecular complexity index is 1110. The Hall–Kier alpha value is -3.80. The zero-order valence-corrected chi connectivity index (χ0v) is 16.1. The summed E-state index contributed by atoms with van der Waals surface area (Å²) in [5, 5.41) is 9.27. The molecule has 0 atom stereocenters. The third-order valence-corrected chi connectivity index (χ3v) is 5.63. The highest BCUT2D eigenvalue weighted by Crippen LogP contribution is 2.44. The Labute approximate surface area is 173 Å². The molecule has 1 amide bonds. The first-order valence-corrected chi connectivity index (χ1v) is 9.76. The molecular weight excluding hydrogens is 382 g/mol. The molecule has 6 nitrogen and oxygen atoms in total. The number of rotatable bonds is 3. The number of fused-ring (bicyclic) bond motifs is 4. The van der Waals surface area contributed by atoms with Gasteiger partial charge in [0.25, 0.3) is 0 Å². The molecule has 30 heavy (non-hydrogen) atoms. The summed E-state index contributed by atoms with van der Waals surface area (Å²) in [7, 11) is 0. The van der Waals surface area contributed by atoms with Gasteiger partial charge in [-0.15, -0.1) is 0 Å². The number of aromatic carboxylic acids is 1. The summed E-state index contributed by atoms with van der Waals surface area (Å²) >= 11 is 0. The minimum atomic E-state index is -1.06. The second kappa shape index (κ2) is 7.22. The van der Waals surface area contributed by atoms with Gasteiger partial charge in [0.1, 0.15) is 19.0 Å². The van der Waals surface area contributed by atoms with E-state index in [1.54, 1.807) is 6.07 Å². The third-order valence-electron chi connectivity index (χ3n) is 5.63. The van der Waals surface area contributed by atoms with Gasteiger partial charge in [0.05, 0.1) is 17.8 Å². The van der Waals surface area contributed by atoms with E-state index in [0.717, 1.165) is 22.3 Å². The molecule has 6 heteroatoms. The van der Waals surface area contributed by atoms with Crippen LogP contribution in [0.1, 0.15) is 27.4 Å². The van der Waals surface area contributed by atoms with E-state index in [1.165, 1.54) is 17.0 Å². The maximum Gasteiger partial charge on any atom is 0.414 e. The number of nitrogens with zero attached hydrogens (tertiary/aromatic N) is 1. The van der Waals surface area contributed by atoms with E-state index >= 15 is 0 Å². The molecule has 0 saturated carbocycles. The second-order valence-electron chi connectivity index (χ2n) is 7.29. The molecule has 0 unspecified atom stereocenters. The van der Waals surface area contributed by atoms with Gasteiger partial charge in [0, 0.05) is 5.92 Å². The molecule has 2 aliphatic rings. The summed E-state index contributed by atoms with van der Waals surface area (Å²) in [5.41, 5.74) is 5.12. The molecule has 1 heterocycles. The van der Waals surface area contributed by atoms with Gasteiger partial charge in [-0.3, -0.25) is 4.90 Å². The van der Waals surface area contributed by atoms with Gasteiger partial charge in [-0.2, -0.15) is 0 Å². The van der Waals surface area contributed by atoms with E-state index in [0.29, 0.717) is 24.6 Å². The molecule has 0 spiro atoms. The van der Waals surface area contributed by atoms with Gasteiger partial charge in [-0.05, 0) is 40.5 Å². The lowest BCUT2D eigenvalue weighted by Gasteiger charge is -2.29. The van der Waals surface area contributed by atoms with E-state index in [-0.39, 0.29) is 18.1 Å². The summed E-state index contributed by atoms with van der Waals surface area (Å²) in [6.07, 6.45) is -0.510. The molecule has 3 aromatic rings. The lowest BCUT2D eigenvalue weighted by atomic mass is 9.98. The first-order chi connectivity index (χ1) is 14.6. The Morgan fingerprint density at radius 2 is 1.67 bits per heavy atom. The van der Waals surface area contributed by atoms with Crippen molar-refractivity contribution >= 4 is 17.7 Å². The van der Waals surface area contributed by atoms with E-state index in [4.69, 9.17) is 9.47 Å². The standard InChI is InChI=1S/C24H19NO5/c26-23(27)15-9-10-22-21(13-15)25(11-12-29-22)24(28)30-14-20-18-7-3-1-5-16(18)17-6-2-4-8-19(17)20/h1-10,13,20H,11-12,14H2,(H,26,27). The second-order valence-corrected chi connectivity index (χ2v) is 7.29. The van der Waals surface area contributed by atoms with Crippen molar-refractivity contribution in [2.24, 2.45) is 0 Å². The van der Waals surface area contributed by atoms with Crippen LogP contribution in [0.4, 0.5) is 10.5 Å². The minimum absolute atomic E-state index is 0.0350. The number of carbonyl (C=O) groups is 2. The number of hydrogen-bond acceptors (Lipinski definition) is 4. The Kier molecular flexibility index (Phi) is 4.39. The lowest BCUT2D eigenvalue weighted by Crippen LogP contribution is -2.39. The van der Waals surface area contributed by atoms with Crippen LogP contribution in [0, 0.1) is 0 Å². The van der Waals surface area contributed by atoms with Crippen LogP contribution in [0.15, 0.2) is 66.7 Å². The van der Waals surface area contributed by atoms with Crippen molar-refractivity contribution in [3.8, 4) is 16.9 Å². The summed E-state index contributed by atoms with van der Waals surface area (Å²) in [6.45, 7) is 0.828. The number of carboxylic acids is 1. The largest absolute Gasteiger partial charge is 0.490 e. The normalized spacial score (nSPS) is 14.3. The van der Waals surface area contributed by atoms with Gasteiger partial charge in [0.15, 0.2) is 0 Å². The number of carboxylic acid groups (broad SMARTS) is 1. The monoisotopic (exact) mass is 401 g/mol. The molecule has 150 valence electrons. The van der Waals surface area contributed by atoms with E-state index in [2.05, 4.69) is 24.3 Å². The van der Waals surface area contributed by atoms with Crippen molar-refractivity contribution in [2.75, 3.05) is 24.7 Å².